The minimum atomic E-state index is -3.97. The van der Waals surface area contributed by atoms with Crippen molar-refractivity contribution < 1.29 is 16.8 Å². The molecule has 4 rings (SSSR count). The number of sulfonamides is 2. The Balaban J connectivity index is 0.00000306. The predicted molar refractivity (Wildman–Crippen MR) is 137 cm³/mol. The number of hydrogen-bond donors (Lipinski definition) is 3. The van der Waals surface area contributed by atoms with Crippen LogP contribution in [-0.2, 0) is 20.0 Å². The third-order valence-corrected chi connectivity index (χ3v) is 7.30. The van der Waals surface area contributed by atoms with E-state index in [2.05, 4.69) is 19.7 Å². The molecule has 0 saturated carbocycles. The van der Waals surface area contributed by atoms with Gasteiger partial charge in [-0.3, -0.25) is 9.44 Å². The highest BCUT2D eigenvalue weighted by atomic mass is 35.5. The van der Waals surface area contributed by atoms with Crippen LogP contribution >= 0.6 is 12.4 Å². The molecule has 1 heterocycles. The lowest BCUT2D eigenvalue weighted by Crippen LogP contribution is -2.28. The molecule has 3 aromatic rings. The first kappa shape index (κ1) is 25.1. The van der Waals surface area contributed by atoms with Crippen molar-refractivity contribution in [1.82, 2.24) is 5.32 Å². The zero-order valence-corrected chi connectivity index (χ0v) is 20.6. The minimum Gasteiger partial charge on any atom is -0.370 e. The highest BCUT2D eigenvalue weighted by Crippen LogP contribution is 2.32. The molecule has 1 aliphatic heterocycles. The van der Waals surface area contributed by atoms with Gasteiger partial charge in [-0.25, -0.2) is 16.8 Å². The fraction of sp³-hybridized carbons (Fsp3) is 0.273. The van der Waals surface area contributed by atoms with Crippen LogP contribution < -0.4 is 19.7 Å². The van der Waals surface area contributed by atoms with Crippen LogP contribution in [0.5, 0.6) is 0 Å². The SMILES string of the molecule is CS(=O)(=O)Nc1cc(N2CCCNCC2)ccc1NS(=O)(=O)c1cccc2ccccc12.Cl. The second kappa shape index (κ2) is 10.2. The predicted octanol–water partition coefficient (Wildman–Crippen LogP) is 3.23. The number of benzene rings is 3. The number of halogens is 1. The van der Waals surface area contributed by atoms with E-state index in [-0.39, 0.29) is 28.7 Å². The van der Waals surface area contributed by atoms with Crippen molar-refractivity contribution in [1.29, 1.82) is 0 Å². The maximum Gasteiger partial charge on any atom is 0.262 e. The molecule has 0 bridgehead atoms. The van der Waals surface area contributed by atoms with Gasteiger partial charge in [-0.1, -0.05) is 36.4 Å². The topological polar surface area (TPSA) is 108 Å². The van der Waals surface area contributed by atoms with Crippen molar-refractivity contribution in [3.05, 3.63) is 60.7 Å². The molecular formula is C22H27ClN4O4S2. The fourth-order valence-electron chi connectivity index (χ4n) is 3.84. The molecule has 8 nitrogen and oxygen atoms in total. The lowest BCUT2D eigenvalue weighted by atomic mass is 10.1. The van der Waals surface area contributed by atoms with E-state index in [4.69, 9.17) is 0 Å². The smallest absolute Gasteiger partial charge is 0.262 e. The quantitative estimate of drug-likeness (QED) is 0.470. The van der Waals surface area contributed by atoms with Crippen LogP contribution in [0.4, 0.5) is 17.1 Å². The molecule has 33 heavy (non-hydrogen) atoms. The first-order valence-corrected chi connectivity index (χ1v) is 13.7. The molecule has 1 saturated heterocycles. The van der Waals surface area contributed by atoms with Crippen LogP contribution in [-0.4, -0.2) is 49.3 Å². The van der Waals surface area contributed by atoms with E-state index in [1.165, 1.54) is 6.07 Å². The molecule has 0 atom stereocenters. The van der Waals surface area contributed by atoms with Crippen molar-refractivity contribution in [2.75, 3.05) is 46.8 Å². The zero-order chi connectivity index (χ0) is 22.8. The highest BCUT2D eigenvalue weighted by Gasteiger charge is 2.21. The molecule has 1 aliphatic rings. The number of nitrogens with zero attached hydrogens (tertiary/aromatic N) is 1. The van der Waals surface area contributed by atoms with E-state index in [0.29, 0.717) is 5.39 Å². The second-order valence-electron chi connectivity index (χ2n) is 7.78. The molecule has 0 aromatic heterocycles. The summed E-state index contributed by atoms with van der Waals surface area (Å²) in [6.07, 6.45) is 2.00. The van der Waals surface area contributed by atoms with Gasteiger partial charge in [0, 0.05) is 30.7 Å². The van der Waals surface area contributed by atoms with Crippen molar-refractivity contribution >= 4 is 60.3 Å². The van der Waals surface area contributed by atoms with E-state index in [9.17, 15) is 16.8 Å². The molecule has 3 N–H and O–H groups in total. The van der Waals surface area contributed by atoms with Crippen molar-refractivity contribution in [2.24, 2.45) is 0 Å². The number of nitrogens with one attached hydrogen (secondary N) is 3. The third-order valence-electron chi connectivity index (χ3n) is 5.29. The fourth-order valence-corrected chi connectivity index (χ4v) is 5.71. The Morgan fingerprint density at radius 2 is 1.61 bits per heavy atom. The lowest BCUT2D eigenvalue weighted by molar-refractivity contribution is 0.601. The Kier molecular flexibility index (Phi) is 7.73. The summed E-state index contributed by atoms with van der Waals surface area (Å²) in [5, 5.41) is 4.72. The maximum atomic E-state index is 13.3. The third kappa shape index (κ3) is 6.08. The summed E-state index contributed by atoms with van der Waals surface area (Å²) in [7, 11) is -7.59. The van der Waals surface area contributed by atoms with Crippen LogP contribution in [0.15, 0.2) is 65.6 Å². The summed E-state index contributed by atoms with van der Waals surface area (Å²) in [4.78, 5) is 2.28. The minimum absolute atomic E-state index is 0. The molecular weight excluding hydrogens is 484 g/mol. The Morgan fingerprint density at radius 3 is 2.39 bits per heavy atom. The van der Waals surface area contributed by atoms with E-state index in [1.807, 2.05) is 18.2 Å². The van der Waals surface area contributed by atoms with Gasteiger partial charge in [0.25, 0.3) is 10.0 Å². The highest BCUT2D eigenvalue weighted by molar-refractivity contribution is 7.93. The molecule has 0 aliphatic carbocycles. The number of anilines is 3. The normalized spacial score (nSPS) is 14.9. The van der Waals surface area contributed by atoms with Gasteiger partial charge in [-0.05, 0) is 42.6 Å². The summed E-state index contributed by atoms with van der Waals surface area (Å²) in [5.74, 6) is 0. The molecule has 3 aromatic carbocycles. The summed E-state index contributed by atoms with van der Waals surface area (Å²) in [6.45, 7) is 3.35. The molecule has 11 heteroatoms. The first-order chi connectivity index (χ1) is 15.2. The zero-order valence-electron chi connectivity index (χ0n) is 18.1. The van der Waals surface area contributed by atoms with E-state index >= 15 is 0 Å². The summed E-state index contributed by atoms with van der Waals surface area (Å²) >= 11 is 0. The molecule has 0 spiro atoms. The van der Waals surface area contributed by atoms with Crippen LogP contribution in [0.2, 0.25) is 0 Å². The standard InChI is InChI=1S/C22H26N4O4S2.ClH/c1-31(27,28)24-21-16-18(26-14-5-12-23-13-15-26)10-11-20(21)25-32(29,30)22-9-4-7-17-6-2-3-8-19(17)22;/h2-4,6-11,16,23-25H,5,12-15H2,1H3;1H. The molecule has 0 radical (unpaired) electrons. The number of rotatable bonds is 6. The van der Waals surface area contributed by atoms with E-state index < -0.39 is 20.0 Å². The van der Waals surface area contributed by atoms with Crippen LogP contribution in [0.3, 0.4) is 0 Å². The van der Waals surface area contributed by atoms with Gasteiger partial charge in [-0.15, -0.1) is 12.4 Å². The van der Waals surface area contributed by atoms with Crippen LogP contribution in [0.1, 0.15) is 6.42 Å². The van der Waals surface area contributed by atoms with Gasteiger partial charge >= 0.3 is 0 Å². The number of hydrogen-bond acceptors (Lipinski definition) is 6. The Morgan fingerprint density at radius 1 is 0.848 bits per heavy atom. The summed E-state index contributed by atoms with van der Waals surface area (Å²) in [5.41, 5.74) is 1.18. The van der Waals surface area contributed by atoms with Gasteiger partial charge in [0.05, 0.1) is 22.5 Å². The van der Waals surface area contributed by atoms with Gasteiger partial charge in [0.1, 0.15) is 0 Å². The molecule has 0 amide bonds. The van der Waals surface area contributed by atoms with Crippen molar-refractivity contribution in [3.63, 3.8) is 0 Å². The lowest BCUT2D eigenvalue weighted by Gasteiger charge is -2.24. The van der Waals surface area contributed by atoms with Gasteiger partial charge in [0.2, 0.25) is 10.0 Å². The van der Waals surface area contributed by atoms with Crippen molar-refractivity contribution in [3.8, 4) is 0 Å². The summed E-state index contributed by atoms with van der Waals surface area (Å²) < 4.78 is 55.5. The monoisotopic (exact) mass is 510 g/mol. The number of fused-ring (bicyclic) bond motifs is 1. The molecule has 1 fully saturated rings. The largest absolute Gasteiger partial charge is 0.370 e. The average molecular weight is 511 g/mol. The maximum absolute atomic E-state index is 13.3. The Labute approximate surface area is 200 Å². The van der Waals surface area contributed by atoms with Crippen LogP contribution in [0, 0.1) is 0 Å². The first-order valence-electron chi connectivity index (χ1n) is 10.3. The summed E-state index contributed by atoms with van der Waals surface area (Å²) in [6, 6.07) is 17.4. The molecule has 178 valence electrons. The van der Waals surface area contributed by atoms with Gasteiger partial charge < -0.3 is 10.2 Å². The van der Waals surface area contributed by atoms with Gasteiger partial charge in [-0.2, -0.15) is 0 Å². The van der Waals surface area contributed by atoms with E-state index in [0.717, 1.165) is 49.9 Å². The Hall–Kier alpha value is -2.53. The second-order valence-corrected chi connectivity index (χ2v) is 11.2. The van der Waals surface area contributed by atoms with Crippen LogP contribution in [0.25, 0.3) is 10.8 Å². The Bertz CT molecular complexity index is 1330. The average Bonchev–Trinajstić information content (AvgIpc) is 3.03. The molecule has 0 unspecified atom stereocenters. The van der Waals surface area contributed by atoms with E-state index in [1.54, 1.807) is 36.4 Å². The van der Waals surface area contributed by atoms with Crippen molar-refractivity contribution in [2.45, 2.75) is 11.3 Å². The van der Waals surface area contributed by atoms with Gasteiger partial charge in [0.15, 0.2) is 0 Å².